The molecule has 2 unspecified atom stereocenters. The van der Waals surface area contributed by atoms with Gasteiger partial charge in [-0.15, -0.1) is 5.10 Å². The monoisotopic (exact) mass is 549 g/mol. The minimum absolute atomic E-state index is 0.0208. The number of para-hydroxylation sites is 1. The molecule has 2 fully saturated rings. The molecular weight excluding hydrogens is 517 g/mol. The van der Waals surface area contributed by atoms with Crippen LogP contribution in [0.5, 0.6) is 11.5 Å². The normalized spacial score (nSPS) is 18.8. The lowest BCUT2D eigenvalue weighted by Gasteiger charge is -2.39. The first-order valence-electron chi connectivity index (χ1n) is 13.5. The molecule has 2 aliphatic heterocycles. The van der Waals surface area contributed by atoms with Gasteiger partial charge in [0.15, 0.2) is 17.3 Å². The smallest absolute Gasteiger partial charge is 0.253 e. The Bertz CT molecular complexity index is 1540. The van der Waals surface area contributed by atoms with Crippen molar-refractivity contribution in [3.8, 4) is 11.5 Å². The van der Waals surface area contributed by atoms with Crippen molar-refractivity contribution >= 4 is 16.6 Å². The highest BCUT2D eigenvalue weighted by Crippen LogP contribution is 2.34. The average Bonchev–Trinajstić information content (AvgIpc) is 3.66. The molecule has 4 heterocycles. The summed E-state index contributed by atoms with van der Waals surface area (Å²) in [5, 5.41) is 13.5. The minimum atomic E-state index is -0.527. The summed E-state index contributed by atoms with van der Waals surface area (Å²) >= 11 is 0. The maximum absolute atomic E-state index is 14.5. The standard InChI is InChI=1S/C28H32FN7O4/c1-38-24-15-18-14-20(28(37)30-22(18)16-25(24)39-2)26(27-31-32-33-36(27)17-19-6-5-13-40-19)35-11-9-34(10-12-35)23-8-4-3-7-21(23)29/h3-4,7-8,14-16,19,26H,5-6,9-13,17H2,1-2H3,(H,30,37). The van der Waals surface area contributed by atoms with Crippen molar-refractivity contribution in [1.29, 1.82) is 0 Å². The first-order chi connectivity index (χ1) is 19.6. The number of ether oxygens (including phenoxy) is 3. The van der Waals surface area contributed by atoms with Crippen molar-refractivity contribution < 1.29 is 18.6 Å². The summed E-state index contributed by atoms with van der Waals surface area (Å²) in [6.45, 7) is 3.55. The number of tetrazole rings is 1. The second-order valence-electron chi connectivity index (χ2n) is 10.1. The van der Waals surface area contributed by atoms with Crippen LogP contribution in [0.4, 0.5) is 10.1 Å². The van der Waals surface area contributed by atoms with Gasteiger partial charge in [-0.25, -0.2) is 9.07 Å². The molecule has 40 heavy (non-hydrogen) atoms. The molecule has 0 radical (unpaired) electrons. The molecule has 2 saturated heterocycles. The molecular formula is C28H32FN7O4. The Labute approximate surface area is 230 Å². The topological polar surface area (TPSA) is 111 Å². The van der Waals surface area contributed by atoms with Gasteiger partial charge in [-0.05, 0) is 47.5 Å². The zero-order valence-corrected chi connectivity index (χ0v) is 22.5. The van der Waals surface area contributed by atoms with Gasteiger partial charge in [0.05, 0.1) is 38.1 Å². The summed E-state index contributed by atoms with van der Waals surface area (Å²) in [6.07, 6.45) is 1.95. The van der Waals surface area contributed by atoms with E-state index in [4.69, 9.17) is 14.2 Å². The van der Waals surface area contributed by atoms with Crippen molar-refractivity contribution in [1.82, 2.24) is 30.1 Å². The van der Waals surface area contributed by atoms with E-state index < -0.39 is 6.04 Å². The number of H-pyrrole nitrogens is 1. The highest BCUT2D eigenvalue weighted by Gasteiger charge is 2.34. The lowest BCUT2D eigenvalue weighted by Crippen LogP contribution is -2.49. The number of hydrogen-bond acceptors (Lipinski definition) is 9. The third-order valence-corrected chi connectivity index (χ3v) is 7.75. The van der Waals surface area contributed by atoms with E-state index in [1.54, 1.807) is 37.1 Å². The highest BCUT2D eigenvalue weighted by molar-refractivity contribution is 5.83. The van der Waals surface area contributed by atoms with Crippen LogP contribution in [0.15, 0.2) is 47.3 Å². The van der Waals surface area contributed by atoms with Gasteiger partial charge in [-0.2, -0.15) is 0 Å². The Kier molecular flexibility index (Phi) is 7.35. The Balaban J connectivity index is 1.39. The number of anilines is 1. The maximum Gasteiger partial charge on any atom is 0.253 e. The van der Waals surface area contributed by atoms with E-state index in [0.717, 1.165) is 24.8 Å². The van der Waals surface area contributed by atoms with E-state index in [-0.39, 0.29) is 17.5 Å². The predicted molar refractivity (Wildman–Crippen MR) is 146 cm³/mol. The summed E-state index contributed by atoms with van der Waals surface area (Å²) in [4.78, 5) is 20.9. The molecule has 4 aromatic rings. The van der Waals surface area contributed by atoms with Crippen molar-refractivity contribution in [3.05, 3.63) is 70.0 Å². The van der Waals surface area contributed by atoms with Gasteiger partial charge < -0.3 is 24.1 Å². The number of pyridine rings is 1. The second-order valence-corrected chi connectivity index (χ2v) is 10.1. The molecule has 2 atom stereocenters. The van der Waals surface area contributed by atoms with Gasteiger partial charge in [-0.3, -0.25) is 9.69 Å². The fourth-order valence-electron chi connectivity index (χ4n) is 5.70. The zero-order chi connectivity index (χ0) is 27.6. The van der Waals surface area contributed by atoms with E-state index in [2.05, 4.69) is 25.4 Å². The van der Waals surface area contributed by atoms with Crippen LogP contribution in [0, 0.1) is 5.82 Å². The van der Waals surface area contributed by atoms with Gasteiger partial charge in [0, 0.05) is 49.8 Å². The van der Waals surface area contributed by atoms with Gasteiger partial charge >= 0.3 is 0 Å². The van der Waals surface area contributed by atoms with E-state index >= 15 is 0 Å². The van der Waals surface area contributed by atoms with Gasteiger partial charge in [0.25, 0.3) is 5.56 Å². The molecule has 2 aromatic heterocycles. The van der Waals surface area contributed by atoms with Crippen molar-refractivity contribution in [2.45, 2.75) is 31.5 Å². The molecule has 0 saturated carbocycles. The minimum Gasteiger partial charge on any atom is -0.493 e. The van der Waals surface area contributed by atoms with E-state index in [0.29, 0.717) is 66.8 Å². The SMILES string of the molecule is COc1cc2cc(C(c3nnnn3CC3CCCO3)N3CCN(c4ccccc4F)CC3)c(=O)[nH]c2cc1OC. The van der Waals surface area contributed by atoms with Gasteiger partial charge in [-0.1, -0.05) is 12.1 Å². The quantitative estimate of drug-likeness (QED) is 0.355. The molecule has 0 aliphatic carbocycles. The van der Waals surface area contributed by atoms with Gasteiger partial charge in [0.2, 0.25) is 0 Å². The van der Waals surface area contributed by atoms with Crippen molar-refractivity contribution in [2.75, 3.05) is 51.9 Å². The number of halogens is 1. The van der Waals surface area contributed by atoms with Crippen LogP contribution in [0.1, 0.15) is 30.3 Å². The molecule has 0 amide bonds. The lowest BCUT2D eigenvalue weighted by atomic mass is 10.0. The number of benzene rings is 2. The number of piperazine rings is 1. The van der Waals surface area contributed by atoms with Gasteiger partial charge in [0.1, 0.15) is 11.9 Å². The number of nitrogens with one attached hydrogen (secondary N) is 1. The zero-order valence-electron chi connectivity index (χ0n) is 22.5. The number of methoxy groups -OCH3 is 2. The second kappa shape index (κ2) is 11.2. The van der Waals surface area contributed by atoms with Crippen molar-refractivity contribution in [2.24, 2.45) is 0 Å². The molecule has 2 aromatic carbocycles. The van der Waals surface area contributed by atoms with E-state index in [9.17, 15) is 9.18 Å². The van der Waals surface area contributed by atoms with E-state index in [1.165, 1.54) is 6.07 Å². The largest absolute Gasteiger partial charge is 0.493 e. The highest BCUT2D eigenvalue weighted by atomic mass is 19.1. The number of rotatable bonds is 8. The fourth-order valence-corrected chi connectivity index (χ4v) is 5.70. The van der Waals surface area contributed by atoms with Crippen molar-refractivity contribution in [3.63, 3.8) is 0 Å². The number of hydrogen-bond donors (Lipinski definition) is 1. The summed E-state index contributed by atoms with van der Waals surface area (Å²) in [5.74, 6) is 1.41. The maximum atomic E-state index is 14.5. The van der Waals surface area contributed by atoms with E-state index in [1.807, 2.05) is 23.1 Å². The molecule has 210 valence electrons. The van der Waals surface area contributed by atoms with Crippen LogP contribution in [0.3, 0.4) is 0 Å². The predicted octanol–water partition coefficient (Wildman–Crippen LogP) is 2.76. The Morgan fingerprint density at radius 1 is 1.10 bits per heavy atom. The summed E-state index contributed by atoms with van der Waals surface area (Å²) < 4.78 is 33.0. The van der Waals surface area contributed by atoms with Crippen LogP contribution in [-0.4, -0.2) is 83.2 Å². The Morgan fingerprint density at radius 3 is 2.60 bits per heavy atom. The summed E-state index contributed by atoms with van der Waals surface area (Å²) in [7, 11) is 3.13. The summed E-state index contributed by atoms with van der Waals surface area (Å²) in [6, 6.07) is 11.7. The molecule has 0 spiro atoms. The van der Waals surface area contributed by atoms with Crippen LogP contribution < -0.4 is 19.9 Å². The molecule has 0 bridgehead atoms. The van der Waals surface area contributed by atoms with Crippen LogP contribution in [0.25, 0.3) is 10.9 Å². The van der Waals surface area contributed by atoms with Crippen LogP contribution >= 0.6 is 0 Å². The first kappa shape index (κ1) is 26.2. The average molecular weight is 550 g/mol. The third-order valence-electron chi connectivity index (χ3n) is 7.75. The number of nitrogens with zero attached hydrogens (tertiary/aromatic N) is 6. The summed E-state index contributed by atoms with van der Waals surface area (Å²) in [5.41, 5.74) is 1.48. The number of aromatic nitrogens is 5. The third kappa shape index (κ3) is 5.00. The molecule has 6 rings (SSSR count). The first-order valence-corrected chi connectivity index (χ1v) is 13.5. The molecule has 1 N–H and O–H groups in total. The molecule has 12 heteroatoms. The molecule has 2 aliphatic rings. The Hall–Kier alpha value is -4.03. The van der Waals surface area contributed by atoms with Crippen LogP contribution in [0.2, 0.25) is 0 Å². The van der Waals surface area contributed by atoms with Crippen LogP contribution in [-0.2, 0) is 11.3 Å². The fraction of sp³-hybridized carbons (Fsp3) is 0.429. The molecule has 11 nitrogen and oxygen atoms in total. The number of aromatic amines is 1. The Morgan fingerprint density at radius 2 is 1.88 bits per heavy atom. The lowest BCUT2D eigenvalue weighted by molar-refractivity contribution is 0.0906. The number of fused-ring (bicyclic) bond motifs is 1.